The zero-order valence-electron chi connectivity index (χ0n) is 9.76. The Hall–Kier alpha value is -2.36. The van der Waals surface area contributed by atoms with Crippen LogP contribution in [0.25, 0.3) is 10.8 Å². The lowest BCUT2D eigenvalue weighted by molar-refractivity contribution is -0.116. The fourth-order valence-electron chi connectivity index (χ4n) is 1.77. The van der Waals surface area contributed by atoms with Crippen LogP contribution in [0.5, 0.6) is 0 Å². The average Bonchev–Trinajstić information content (AvgIpc) is 2.39. The molecule has 2 N–H and O–H groups in total. The molecule has 0 unspecified atom stereocenters. The van der Waals surface area contributed by atoms with Crippen molar-refractivity contribution in [2.75, 3.05) is 5.32 Å². The van der Waals surface area contributed by atoms with Gasteiger partial charge >= 0.3 is 0 Å². The molecule has 0 aliphatic rings. The van der Waals surface area contributed by atoms with E-state index >= 15 is 0 Å². The molecule has 2 aromatic carbocycles. The highest BCUT2D eigenvalue weighted by atomic mass is 16.4. The third-order valence-electron chi connectivity index (χ3n) is 2.60. The Morgan fingerprint density at radius 2 is 2.00 bits per heavy atom. The molecule has 4 heteroatoms. The Kier molecular flexibility index (Phi) is 3.91. The topological polar surface area (TPSA) is 61.7 Å². The predicted molar refractivity (Wildman–Crippen MR) is 71.0 cm³/mol. The van der Waals surface area contributed by atoms with E-state index in [0.717, 1.165) is 16.5 Å². The summed E-state index contributed by atoms with van der Waals surface area (Å²) in [5.41, 5.74) is 0.791. The second-order valence-corrected chi connectivity index (χ2v) is 3.83. The highest BCUT2D eigenvalue weighted by Gasteiger charge is 2.04. The summed E-state index contributed by atoms with van der Waals surface area (Å²) in [6, 6.07) is 13.6. The quantitative estimate of drug-likeness (QED) is 0.491. The first kappa shape index (κ1) is 12.1. The van der Waals surface area contributed by atoms with Crippen molar-refractivity contribution in [1.82, 2.24) is 0 Å². The maximum atomic E-state index is 11.7. The van der Waals surface area contributed by atoms with Gasteiger partial charge in [-0.25, -0.2) is 0 Å². The van der Waals surface area contributed by atoms with Gasteiger partial charge in [-0.15, -0.1) is 0 Å². The molecule has 91 valence electrons. The van der Waals surface area contributed by atoms with E-state index in [9.17, 15) is 4.79 Å². The molecule has 1 amide bonds. The fourth-order valence-corrected chi connectivity index (χ4v) is 1.77. The van der Waals surface area contributed by atoms with E-state index in [1.54, 1.807) is 0 Å². The summed E-state index contributed by atoms with van der Waals surface area (Å²) in [7, 11) is 0. The van der Waals surface area contributed by atoms with Crippen molar-refractivity contribution in [3.05, 3.63) is 42.5 Å². The van der Waals surface area contributed by atoms with Crippen molar-refractivity contribution in [3.8, 4) is 0 Å². The molecular formula is C14H13N2O2. The van der Waals surface area contributed by atoms with Crippen molar-refractivity contribution >= 4 is 28.6 Å². The van der Waals surface area contributed by atoms with E-state index in [1.807, 2.05) is 42.5 Å². The number of benzene rings is 2. The van der Waals surface area contributed by atoms with Gasteiger partial charge in [-0.2, -0.15) is 0 Å². The molecule has 0 bridgehead atoms. The van der Waals surface area contributed by atoms with Gasteiger partial charge in [0.05, 0.1) is 0 Å². The number of nitrogens with one attached hydrogen (secondary N) is 1. The Bertz CT molecular complexity index is 574. The first-order chi connectivity index (χ1) is 8.81. The summed E-state index contributed by atoms with van der Waals surface area (Å²) in [6.45, 7) is 0. The van der Waals surface area contributed by atoms with Crippen molar-refractivity contribution in [2.24, 2.45) is 5.16 Å². The van der Waals surface area contributed by atoms with E-state index in [2.05, 4.69) is 16.7 Å². The predicted octanol–water partition coefficient (Wildman–Crippen LogP) is 2.90. The summed E-state index contributed by atoms with van der Waals surface area (Å²) >= 11 is 0. The van der Waals surface area contributed by atoms with E-state index < -0.39 is 0 Å². The third-order valence-corrected chi connectivity index (χ3v) is 2.60. The summed E-state index contributed by atoms with van der Waals surface area (Å²) in [4.78, 5) is 11.7. The van der Waals surface area contributed by atoms with Crippen molar-refractivity contribution in [1.29, 1.82) is 0 Å². The van der Waals surface area contributed by atoms with Crippen molar-refractivity contribution < 1.29 is 10.0 Å². The van der Waals surface area contributed by atoms with E-state index in [0.29, 0.717) is 6.42 Å². The highest BCUT2D eigenvalue weighted by Crippen LogP contribution is 2.22. The number of nitrogens with zero attached hydrogens (tertiary/aromatic N) is 1. The van der Waals surface area contributed by atoms with Crippen LogP contribution >= 0.6 is 0 Å². The van der Waals surface area contributed by atoms with Gasteiger partial charge in [0.1, 0.15) is 6.21 Å². The minimum atomic E-state index is -0.123. The zero-order chi connectivity index (χ0) is 12.8. The summed E-state index contributed by atoms with van der Waals surface area (Å²) in [5, 5.41) is 15.9. The molecule has 4 nitrogen and oxygen atoms in total. The Morgan fingerprint density at radius 1 is 1.22 bits per heavy atom. The number of carbonyl (C=O) groups is 1. The van der Waals surface area contributed by atoms with Crippen LogP contribution in [0.2, 0.25) is 0 Å². The van der Waals surface area contributed by atoms with Gasteiger partial charge in [0.15, 0.2) is 0 Å². The SMILES string of the molecule is O=C(CC/[C]=N\O)Nc1cccc2ccccc12. The van der Waals surface area contributed by atoms with Gasteiger partial charge in [0.2, 0.25) is 5.91 Å². The highest BCUT2D eigenvalue weighted by molar-refractivity contribution is 6.02. The molecule has 0 aliphatic carbocycles. The fraction of sp³-hybridized carbons (Fsp3) is 0.143. The van der Waals surface area contributed by atoms with Crippen LogP contribution in [-0.4, -0.2) is 17.3 Å². The lowest BCUT2D eigenvalue weighted by atomic mass is 10.1. The van der Waals surface area contributed by atoms with E-state index in [-0.39, 0.29) is 12.3 Å². The Labute approximate surface area is 105 Å². The van der Waals surface area contributed by atoms with Crippen LogP contribution < -0.4 is 5.32 Å². The Balaban J connectivity index is 2.14. The molecule has 2 aromatic rings. The normalized spacial score (nSPS) is 10.9. The van der Waals surface area contributed by atoms with E-state index in [1.165, 1.54) is 0 Å². The molecule has 0 heterocycles. The number of carbonyl (C=O) groups excluding carboxylic acids is 1. The van der Waals surface area contributed by atoms with Gasteiger partial charge in [0, 0.05) is 23.9 Å². The van der Waals surface area contributed by atoms with Crippen LogP contribution in [0.1, 0.15) is 12.8 Å². The number of rotatable bonds is 4. The summed E-state index contributed by atoms with van der Waals surface area (Å²) < 4.78 is 0. The lowest BCUT2D eigenvalue weighted by Gasteiger charge is -2.07. The first-order valence-corrected chi connectivity index (χ1v) is 5.66. The van der Waals surface area contributed by atoms with Crippen molar-refractivity contribution in [2.45, 2.75) is 12.8 Å². The van der Waals surface area contributed by atoms with Crippen LogP contribution in [0.15, 0.2) is 47.6 Å². The minimum Gasteiger partial charge on any atom is -0.411 e. The van der Waals surface area contributed by atoms with Gasteiger partial charge in [-0.1, -0.05) is 41.6 Å². The number of hydrogen-bond donors (Lipinski definition) is 2. The molecule has 2 rings (SSSR count). The summed E-state index contributed by atoms with van der Waals surface area (Å²) in [5.74, 6) is -0.123. The Morgan fingerprint density at radius 3 is 2.83 bits per heavy atom. The van der Waals surface area contributed by atoms with Gasteiger partial charge in [-0.05, 0) is 11.5 Å². The van der Waals surface area contributed by atoms with Crippen molar-refractivity contribution in [3.63, 3.8) is 0 Å². The van der Waals surface area contributed by atoms with Crippen LogP contribution in [0.3, 0.4) is 0 Å². The maximum Gasteiger partial charge on any atom is 0.224 e. The second kappa shape index (κ2) is 5.82. The van der Waals surface area contributed by atoms with E-state index in [4.69, 9.17) is 5.21 Å². The molecular weight excluding hydrogens is 228 g/mol. The largest absolute Gasteiger partial charge is 0.411 e. The maximum absolute atomic E-state index is 11.7. The van der Waals surface area contributed by atoms with Gasteiger partial charge in [0.25, 0.3) is 0 Å². The molecule has 0 fully saturated rings. The molecule has 1 radical (unpaired) electrons. The standard InChI is InChI=1S/C14H13N2O2/c17-14(9-4-10-15-18)16-13-8-3-6-11-5-1-2-7-12(11)13/h1-3,5-8,18H,4,9H2,(H,16,17). The molecule has 0 aromatic heterocycles. The number of anilines is 1. The molecule has 0 saturated carbocycles. The van der Waals surface area contributed by atoms with Gasteiger partial charge < -0.3 is 10.5 Å². The minimum absolute atomic E-state index is 0.123. The number of fused-ring (bicyclic) bond motifs is 1. The molecule has 0 aliphatic heterocycles. The lowest BCUT2D eigenvalue weighted by Crippen LogP contribution is -2.11. The first-order valence-electron chi connectivity index (χ1n) is 5.66. The molecule has 0 spiro atoms. The van der Waals surface area contributed by atoms with Crippen LogP contribution in [0.4, 0.5) is 5.69 Å². The molecule has 0 atom stereocenters. The van der Waals surface area contributed by atoms with Crippen LogP contribution in [-0.2, 0) is 4.79 Å². The van der Waals surface area contributed by atoms with Gasteiger partial charge in [-0.3, -0.25) is 4.79 Å². The zero-order valence-corrected chi connectivity index (χ0v) is 9.76. The van der Waals surface area contributed by atoms with Crippen LogP contribution in [0, 0.1) is 0 Å². The average molecular weight is 241 g/mol. The monoisotopic (exact) mass is 241 g/mol. The number of hydrogen-bond acceptors (Lipinski definition) is 3. The molecule has 0 saturated heterocycles. The molecule has 18 heavy (non-hydrogen) atoms. The second-order valence-electron chi connectivity index (χ2n) is 3.83. The summed E-state index contributed by atoms with van der Waals surface area (Å²) in [6.07, 6.45) is 2.86. The smallest absolute Gasteiger partial charge is 0.224 e. The number of amides is 1. The third kappa shape index (κ3) is 2.85.